The fraction of sp³-hybridized carbons (Fsp3) is 0.688. The molecular weight excluding hydrogens is 270 g/mol. The van der Waals surface area contributed by atoms with Crippen LogP contribution in [0.25, 0.3) is 0 Å². The van der Waals surface area contributed by atoms with Crippen molar-refractivity contribution in [3.63, 3.8) is 0 Å². The van der Waals surface area contributed by atoms with E-state index in [4.69, 9.17) is 5.73 Å². The van der Waals surface area contributed by atoms with Crippen LogP contribution in [0, 0.1) is 0 Å². The van der Waals surface area contributed by atoms with Gasteiger partial charge in [0.1, 0.15) is 0 Å². The average Bonchev–Trinajstić information content (AvgIpc) is 2.36. The van der Waals surface area contributed by atoms with Gasteiger partial charge >= 0.3 is 0 Å². The minimum atomic E-state index is -0.151. The van der Waals surface area contributed by atoms with E-state index in [1.165, 1.54) is 30.5 Å². The van der Waals surface area contributed by atoms with Gasteiger partial charge < -0.3 is 5.73 Å². The minimum absolute atomic E-state index is 0. The number of pyridine rings is 1. The van der Waals surface area contributed by atoms with Crippen molar-refractivity contribution in [2.75, 3.05) is 13.1 Å². The first kappa shape index (κ1) is 17.4. The maximum Gasteiger partial charge on any atom is 0.0607 e. The fourth-order valence-electron chi connectivity index (χ4n) is 3.10. The van der Waals surface area contributed by atoms with Gasteiger partial charge in [0.25, 0.3) is 0 Å². The lowest BCUT2D eigenvalue weighted by molar-refractivity contribution is 0.145. The Morgan fingerprint density at radius 3 is 2.85 bits per heavy atom. The number of nitrogens with zero attached hydrogens (tertiary/aromatic N) is 2. The maximum atomic E-state index is 6.23. The summed E-state index contributed by atoms with van der Waals surface area (Å²) in [5, 5.41) is 0. The van der Waals surface area contributed by atoms with Crippen LogP contribution in [-0.2, 0) is 6.42 Å². The van der Waals surface area contributed by atoms with Crippen LogP contribution in [-0.4, -0.2) is 28.5 Å². The molecule has 0 amide bonds. The highest BCUT2D eigenvalue weighted by Gasteiger charge is 2.29. The maximum absolute atomic E-state index is 6.23. The Morgan fingerprint density at radius 1 is 1.45 bits per heavy atom. The van der Waals surface area contributed by atoms with E-state index < -0.39 is 0 Å². The third-order valence-electron chi connectivity index (χ3n) is 3.73. The topological polar surface area (TPSA) is 42.1 Å². The van der Waals surface area contributed by atoms with Gasteiger partial charge in [0, 0.05) is 18.3 Å². The Labute approximate surface area is 129 Å². The number of aromatic nitrogens is 1. The molecule has 0 aliphatic heterocycles. The third kappa shape index (κ3) is 4.44. The van der Waals surface area contributed by atoms with Crippen LogP contribution < -0.4 is 5.73 Å². The predicted molar refractivity (Wildman–Crippen MR) is 87.3 cm³/mol. The van der Waals surface area contributed by atoms with Gasteiger partial charge in [-0.15, -0.1) is 12.4 Å². The number of hydrogen-bond acceptors (Lipinski definition) is 3. The molecule has 20 heavy (non-hydrogen) atoms. The number of halogens is 1. The van der Waals surface area contributed by atoms with E-state index in [1.807, 2.05) is 6.20 Å². The molecule has 0 saturated carbocycles. The molecule has 1 aliphatic carbocycles. The quantitative estimate of drug-likeness (QED) is 0.906. The summed E-state index contributed by atoms with van der Waals surface area (Å²) >= 11 is 0. The van der Waals surface area contributed by atoms with Gasteiger partial charge in [-0.1, -0.05) is 13.0 Å². The molecule has 4 heteroatoms. The number of hydrogen-bond donors (Lipinski definition) is 1. The number of fused-ring (bicyclic) bond motifs is 1. The Morgan fingerprint density at radius 2 is 2.20 bits per heavy atom. The summed E-state index contributed by atoms with van der Waals surface area (Å²) in [5.74, 6) is 0. The van der Waals surface area contributed by atoms with Gasteiger partial charge in [-0.2, -0.15) is 0 Å². The highest BCUT2D eigenvalue weighted by atomic mass is 35.5. The van der Waals surface area contributed by atoms with Crippen molar-refractivity contribution in [2.45, 2.75) is 58.0 Å². The van der Waals surface area contributed by atoms with E-state index in [0.29, 0.717) is 6.04 Å². The smallest absolute Gasteiger partial charge is 0.0607 e. The Bertz CT molecular complexity index is 414. The molecule has 114 valence electrons. The van der Waals surface area contributed by atoms with Gasteiger partial charge in [0.15, 0.2) is 0 Å². The number of rotatable bonds is 5. The second-order valence-corrected chi connectivity index (χ2v) is 6.41. The van der Waals surface area contributed by atoms with Crippen LogP contribution in [0.4, 0.5) is 0 Å². The van der Waals surface area contributed by atoms with Gasteiger partial charge in [0.05, 0.1) is 11.7 Å². The molecular formula is C16H28ClN3. The predicted octanol–water partition coefficient (Wildman–Crippen LogP) is 3.33. The van der Waals surface area contributed by atoms with Crippen LogP contribution in [0.2, 0.25) is 0 Å². The first-order valence-corrected chi connectivity index (χ1v) is 7.48. The lowest BCUT2D eigenvalue weighted by atomic mass is 9.90. The summed E-state index contributed by atoms with van der Waals surface area (Å²) in [4.78, 5) is 7.18. The minimum Gasteiger partial charge on any atom is -0.324 e. The molecule has 1 heterocycles. The summed E-state index contributed by atoms with van der Waals surface area (Å²) in [6.45, 7) is 8.48. The largest absolute Gasteiger partial charge is 0.324 e. The number of nitrogens with two attached hydrogens (primary N) is 1. The SMILES string of the molecule is CCCN(CC(C)(C)N)C1CCCc2cccnc21.Cl. The lowest BCUT2D eigenvalue weighted by Crippen LogP contribution is -2.47. The molecule has 1 aliphatic rings. The van der Waals surface area contributed by atoms with Gasteiger partial charge in [0.2, 0.25) is 0 Å². The van der Waals surface area contributed by atoms with Crippen molar-refractivity contribution in [1.82, 2.24) is 9.88 Å². The Hall–Kier alpha value is -0.640. The molecule has 0 radical (unpaired) electrons. The van der Waals surface area contributed by atoms with Crippen molar-refractivity contribution >= 4 is 12.4 Å². The first-order valence-electron chi connectivity index (χ1n) is 7.48. The highest BCUT2D eigenvalue weighted by Crippen LogP contribution is 2.33. The zero-order valence-electron chi connectivity index (χ0n) is 12.9. The van der Waals surface area contributed by atoms with Crippen LogP contribution in [0.3, 0.4) is 0 Å². The fourth-order valence-corrected chi connectivity index (χ4v) is 3.10. The van der Waals surface area contributed by atoms with Gasteiger partial charge in [-0.25, -0.2) is 0 Å². The van der Waals surface area contributed by atoms with E-state index in [-0.39, 0.29) is 17.9 Å². The van der Waals surface area contributed by atoms with Crippen molar-refractivity contribution < 1.29 is 0 Å². The Balaban J connectivity index is 0.00000200. The normalized spacial score (nSPS) is 18.6. The molecule has 3 nitrogen and oxygen atoms in total. The lowest BCUT2D eigenvalue weighted by Gasteiger charge is -2.38. The zero-order chi connectivity index (χ0) is 13.9. The Kier molecular flexibility index (Phi) is 6.44. The molecule has 0 saturated heterocycles. The van der Waals surface area contributed by atoms with E-state index >= 15 is 0 Å². The molecule has 1 unspecified atom stereocenters. The molecule has 1 aromatic heterocycles. The standard InChI is InChI=1S/C16H27N3.ClH/c1-4-11-19(12-16(2,3)17)14-9-5-7-13-8-6-10-18-15(13)14;/h6,8,10,14H,4-5,7,9,11-12,17H2,1-3H3;1H. The second-order valence-electron chi connectivity index (χ2n) is 6.41. The summed E-state index contributed by atoms with van der Waals surface area (Å²) in [7, 11) is 0. The monoisotopic (exact) mass is 297 g/mol. The number of aryl methyl sites for hydroxylation is 1. The second kappa shape index (κ2) is 7.39. The van der Waals surface area contributed by atoms with Crippen molar-refractivity contribution in [3.8, 4) is 0 Å². The van der Waals surface area contributed by atoms with Crippen molar-refractivity contribution in [2.24, 2.45) is 5.73 Å². The zero-order valence-corrected chi connectivity index (χ0v) is 13.7. The summed E-state index contributed by atoms with van der Waals surface area (Å²) < 4.78 is 0. The molecule has 1 aromatic rings. The molecule has 0 aromatic carbocycles. The average molecular weight is 298 g/mol. The van der Waals surface area contributed by atoms with E-state index in [2.05, 4.69) is 42.8 Å². The molecule has 2 N–H and O–H groups in total. The summed E-state index contributed by atoms with van der Waals surface area (Å²) in [6, 6.07) is 4.73. The molecule has 1 atom stereocenters. The van der Waals surface area contributed by atoms with Crippen LogP contribution in [0.15, 0.2) is 18.3 Å². The molecule has 0 bridgehead atoms. The summed E-state index contributed by atoms with van der Waals surface area (Å²) in [6.07, 6.45) is 6.73. The molecule has 2 rings (SSSR count). The van der Waals surface area contributed by atoms with E-state index in [9.17, 15) is 0 Å². The van der Waals surface area contributed by atoms with Crippen LogP contribution >= 0.6 is 12.4 Å². The van der Waals surface area contributed by atoms with Crippen molar-refractivity contribution in [3.05, 3.63) is 29.6 Å². The molecule has 0 spiro atoms. The first-order chi connectivity index (χ1) is 9.01. The van der Waals surface area contributed by atoms with Crippen LogP contribution in [0.1, 0.15) is 57.3 Å². The van der Waals surface area contributed by atoms with E-state index in [0.717, 1.165) is 19.5 Å². The van der Waals surface area contributed by atoms with Crippen LogP contribution in [0.5, 0.6) is 0 Å². The molecule has 0 fully saturated rings. The van der Waals surface area contributed by atoms with E-state index in [1.54, 1.807) is 0 Å². The summed E-state index contributed by atoms with van der Waals surface area (Å²) in [5.41, 5.74) is 8.79. The van der Waals surface area contributed by atoms with Gasteiger partial charge in [-0.3, -0.25) is 9.88 Å². The highest BCUT2D eigenvalue weighted by molar-refractivity contribution is 5.85. The van der Waals surface area contributed by atoms with Crippen molar-refractivity contribution in [1.29, 1.82) is 0 Å². The third-order valence-corrected chi connectivity index (χ3v) is 3.73. The van der Waals surface area contributed by atoms with Gasteiger partial charge in [-0.05, 0) is 57.7 Å².